The molecule has 1 aliphatic heterocycles. The van der Waals surface area contributed by atoms with Gasteiger partial charge in [-0.15, -0.1) is 6.58 Å². The average molecular weight is 211 g/mol. The summed E-state index contributed by atoms with van der Waals surface area (Å²) >= 11 is 0. The number of hydrogen-bond acceptors (Lipinski definition) is 3. The predicted molar refractivity (Wildman–Crippen MR) is 61.5 cm³/mol. The molecular formula is C11H21N3O. The monoisotopic (exact) mass is 211 g/mol. The number of nitrogens with zero attached hydrogens (tertiary/aromatic N) is 2. The molecule has 0 aromatic carbocycles. The molecule has 0 spiro atoms. The van der Waals surface area contributed by atoms with E-state index in [9.17, 15) is 4.79 Å². The highest BCUT2D eigenvalue weighted by Gasteiger charge is 2.23. The highest BCUT2D eigenvalue weighted by atomic mass is 16.2. The van der Waals surface area contributed by atoms with Crippen molar-refractivity contribution >= 4 is 5.91 Å². The Balaban J connectivity index is 2.36. The van der Waals surface area contributed by atoms with Gasteiger partial charge in [-0.3, -0.25) is 9.69 Å². The van der Waals surface area contributed by atoms with Crippen LogP contribution in [-0.4, -0.2) is 54.5 Å². The van der Waals surface area contributed by atoms with Crippen LogP contribution in [-0.2, 0) is 4.79 Å². The second-order valence-electron chi connectivity index (χ2n) is 3.93. The molecule has 0 saturated carbocycles. The Bertz CT molecular complexity index is 222. The van der Waals surface area contributed by atoms with Crippen LogP contribution in [0.15, 0.2) is 12.7 Å². The Hall–Kier alpha value is -0.870. The zero-order valence-electron chi connectivity index (χ0n) is 9.48. The molecule has 1 saturated heterocycles. The molecule has 1 rings (SSSR count). The van der Waals surface area contributed by atoms with Gasteiger partial charge in [-0.25, -0.2) is 0 Å². The molecule has 2 N–H and O–H groups in total. The first-order chi connectivity index (χ1) is 7.19. The highest BCUT2D eigenvalue weighted by molar-refractivity contribution is 5.81. The van der Waals surface area contributed by atoms with E-state index < -0.39 is 0 Å². The third-order valence-electron chi connectivity index (χ3n) is 2.83. The van der Waals surface area contributed by atoms with Crippen molar-refractivity contribution in [3.05, 3.63) is 12.7 Å². The number of rotatable bonds is 4. The lowest BCUT2D eigenvalue weighted by Gasteiger charge is -2.35. The van der Waals surface area contributed by atoms with Gasteiger partial charge in [0.2, 0.25) is 5.91 Å². The Morgan fingerprint density at radius 3 is 2.53 bits per heavy atom. The molecule has 0 aliphatic carbocycles. The lowest BCUT2D eigenvalue weighted by Crippen LogP contribution is -2.52. The summed E-state index contributed by atoms with van der Waals surface area (Å²) in [5.74, 6) is 0.0933. The van der Waals surface area contributed by atoms with Crippen LogP contribution in [0.25, 0.3) is 0 Å². The fourth-order valence-electron chi connectivity index (χ4n) is 1.74. The summed E-state index contributed by atoms with van der Waals surface area (Å²) in [5, 5.41) is 0. The number of amides is 1. The van der Waals surface area contributed by atoms with Crippen molar-refractivity contribution in [1.82, 2.24) is 9.80 Å². The molecule has 0 aromatic heterocycles. The maximum Gasteiger partial charge on any atom is 0.239 e. The summed E-state index contributed by atoms with van der Waals surface area (Å²) in [6.45, 7) is 9.99. The molecule has 86 valence electrons. The van der Waals surface area contributed by atoms with E-state index in [0.717, 1.165) is 32.7 Å². The zero-order valence-corrected chi connectivity index (χ0v) is 9.48. The Morgan fingerprint density at radius 1 is 1.47 bits per heavy atom. The van der Waals surface area contributed by atoms with Gasteiger partial charge in [-0.2, -0.15) is 0 Å². The van der Waals surface area contributed by atoms with Gasteiger partial charge < -0.3 is 10.6 Å². The molecule has 4 nitrogen and oxygen atoms in total. The Labute approximate surface area is 91.7 Å². The van der Waals surface area contributed by atoms with Gasteiger partial charge in [0.25, 0.3) is 0 Å². The fourth-order valence-corrected chi connectivity index (χ4v) is 1.74. The van der Waals surface area contributed by atoms with Crippen LogP contribution in [0.5, 0.6) is 0 Å². The molecule has 4 heteroatoms. The van der Waals surface area contributed by atoms with Gasteiger partial charge in [0.1, 0.15) is 0 Å². The molecule has 0 radical (unpaired) electrons. The van der Waals surface area contributed by atoms with Crippen molar-refractivity contribution in [2.75, 3.05) is 32.7 Å². The first kappa shape index (κ1) is 12.2. The van der Waals surface area contributed by atoms with E-state index in [4.69, 9.17) is 5.73 Å². The fraction of sp³-hybridized carbons (Fsp3) is 0.727. The molecule has 0 bridgehead atoms. The first-order valence-electron chi connectivity index (χ1n) is 5.56. The van der Waals surface area contributed by atoms with E-state index >= 15 is 0 Å². The lowest BCUT2D eigenvalue weighted by atomic mass is 10.2. The van der Waals surface area contributed by atoms with Gasteiger partial charge >= 0.3 is 0 Å². The van der Waals surface area contributed by atoms with Gasteiger partial charge in [-0.1, -0.05) is 13.0 Å². The van der Waals surface area contributed by atoms with Gasteiger partial charge in [0, 0.05) is 32.7 Å². The van der Waals surface area contributed by atoms with E-state index in [0.29, 0.717) is 6.42 Å². The number of hydrogen-bond donors (Lipinski definition) is 1. The van der Waals surface area contributed by atoms with Crippen LogP contribution < -0.4 is 5.73 Å². The van der Waals surface area contributed by atoms with Gasteiger partial charge in [0.05, 0.1) is 6.04 Å². The largest absolute Gasteiger partial charge is 0.339 e. The SMILES string of the molecule is C=CCN1CCN(C(=O)[C@@H](N)CC)CC1. The Morgan fingerprint density at radius 2 is 2.07 bits per heavy atom. The van der Waals surface area contributed by atoms with Crippen LogP contribution in [0.4, 0.5) is 0 Å². The summed E-state index contributed by atoms with van der Waals surface area (Å²) in [5.41, 5.74) is 5.72. The van der Waals surface area contributed by atoms with E-state index in [2.05, 4.69) is 11.5 Å². The normalized spacial score (nSPS) is 20.0. The summed E-state index contributed by atoms with van der Waals surface area (Å²) < 4.78 is 0. The molecule has 1 fully saturated rings. The molecule has 1 atom stereocenters. The molecule has 0 unspecified atom stereocenters. The van der Waals surface area contributed by atoms with Crippen LogP contribution in [0.3, 0.4) is 0 Å². The Kier molecular flexibility index (Phi) is 4.78. The van der Waals surface area contributed by atoms with Crippen LogP contribution in [0.2, 0.25) is 0 Å². The van der Waals surface area contributed by atoms with Crippen LogP contribution in [0, 0.1) is 0 Å². The molecule has 1 heterocycles. The molecule has 0 aromatic rings. The maximum atomic E-state index is 11.8. The molecule has 1 aliphatic rings. The van der Waals surface area contributed by atoms with Crippen LogP contribution >= 0.6 is 0 Å². The zero-order chi connectivity index (χ0) is 11.3. The summed E-state index contributed by atoms with van der Waals surface area (Å²) in [7, 11) is 0. The van der Waals surface area contributed by atoms with Gasteiger partial charge in [0.15, 0.2) is 0 Å². The highest BCUT2D eigenvalue weighted by Crippen LogP contribution is 2.04. The minimum atomic E-state index is -0.323. The summed E-state index contributed by atoms with van der Waals surface area (Å²) in [6, 6.07) is -0.323. The maximum absolute atomic E-state index is 11.8. The third-order valence-corrected chi connectivity index (χ3v) is 2.83. The van der Waals surface area contributed by atoms with Crippen molar-refractivity contribution in [3.8, 4) is 0 Å². The summed E-state index contributed by atoms with van der Waals surface area (Å²) in [6.07, 6.45) is 2.61. The number of nitrogens with two attached hydrogens (primary N) is 1. The van der Waals surface area contributed by atoms with Crippen LogP contribution in [0.1, 0.15) is 13.3 Å². The van der Waals surface area contributed by atoms with Crippen molar-refractivity contribution < 1.29 is 4.79 Å². The van der Waals surface area contributed by atoms with Crippen molar-refractivity contribution in [2.24, 2.45) is 5.73 Å². The number of carbonyl (C=O) groups excluding carboxylic acids is 1. The molecular weight excluding hydrogens is 190 g/mol. The van der Waals surface area contributed by atoms with E-state index in [1.165, 1.54) is 0 Å². The quantitative estimate of drug-likeness (QED) is 0.669. The first-order valence-corrected chi connectivity index (χ1v) is 5.56. The van der Waals surface area contributed by atoms with E-state index in [-0.39, 0.29) is 11.9 Å². The lowest BCUT2D eigenvalue weighted by molar-refractivity contribution is -0.134. The second-order valence-corrected chi connectivity index (χ2v) is 3.93. The number of piperazine rings is 1. The summed E-state index contributed by atoms with van der Waals surface area (Å²) in [4.78, 5) is 15.9. The smallest absolute Gasteiger partial charge is 0.239 e. The van der Waals surface area contributed by atoms with Crippen molar-refractivity contribution in [3.63, 3.8) is 0 Å². The minimum Gasteiger partial charge on any atom is -0.339 e. The van der Waals surface area contributed by atoms with Crippen molar-refractivity contribution in [1.29, 1.82) is 0 Å². The number of carbonyl (C=O) groups is 1. The second kappa shape index (κ2) is 5.88. The van der Waals surface area contributed by atoms with E-state index in [1.807, 2.05) is 17.9 Å². The topological polar surface area (TPSA) is 49.6 Å². The van der Waals surface area contributed by atoms with Gasteiger partial charge in [-0.05, 0) is 6.42 Å². The van der Waals surface area contributed by atoms with E-state index in [1.54, 1.807) is 0 Å². The third kappa shape index (κ3) is 3.32. The van der Waals surface area contributed by atoms with Crippen molar-refractivity contribution in [2.45, 2.75) is 19.4 Å². The molecule has 15 heavy (non-hydrogen) atoms. The average Bonchev–Trinajstić information content (AvgIpc) is 2.28. The predicted octanol–water partition coefficient (Wildman–Crippen LogP) is 0.0539. The standard InChI is InChI=1S/C11H21N3O/c1-3-5-13-6-8-14(9-7-13)11(15)10(12)4-2/h3,10H,1,4-9,12H2,2H3/t10-/m0/s1. The minimum absolute atomic E-state index is 0.0933. The molecule has 1 amide bonds.